The van der Waals surface area contributed by atoms with Crippen molar-refractivity contribution in [3.63, 3.8) is 0 Å². The van der Waals surface area contributed by atoms with Gasteiger partial charge in [0.05, 0.1) is 23.1 Å². The van der Waals surface area contributed by atoms with Crippen molar-refractivity contribution in [3.05, 3.63) is 130 Å². The third kappa shape index (κ3) is 4.78. The first-order valence-corrected chi connectivity index (χ1v) is 14.0. The molecule has 0 bridgehead atoms. The Morgan fingerprint density at radius 3 is 1.16 bits per heavy atom. The molecule has 0 fully saturated rings. The fraction of sp³-hybridized carbons (Fsp3) is 0. The molecule has 1 heterocycles. The minimum absolute atomic E-state index is 0.854. The second kappa shape index (κ2) is 10.5. The lowest BCUT2D eigenvalue weighted by Crippen LogP contribution is -2.13. The average Bonchev–Trinajstić information content (AvgIpc) is 3.44. The van der Waals surface area contributed by atoms with Gasteiger partial charge < -0.3 is 9.80 Å². The molecule has 0 unspecified atom stereocenters. The minimum Gasteiger partial charge on any atom is -0.308 e. The lowest BCUT2D eigenvalue weighted by Gasteiger charge is -2.28. The molecule has 6 rings (SSSR count). The first-order chi connectivity index (χ1) is 18.2. The average molecular weight is 628 g/mol. The van der Waals surface area contributed by atoms with Crippen LogP contribution in [0.1, 0.15) is 0 Å². The molecule has 6 aromatic rings. The van der Waals surface area contributed by atoms with Crippen molar-refractivity contribution in [2.75, 3.05) is 9.80 Å². The summed E-state index contributed by atoms with van der Waals surface area (Å²) in [6.07, 6.45) is 0. The van der Waals surface area contributed by atoms with Crippen LogP contribution in [0.2, 0.25) is 0 Å². The second-order valence-electron chi connectivity index (χ2n) is 8.36. The number of hydrogen-bond donors (Lipinski definition) is 0. The van der Waals surface area contributed by atoms with E-state index in [2.05, 4.69) is 151 Å². The Bertz CT molecular complexity index is 1510. The maximum atomic E-state index is 4.80. The molecule has 0 aliphatic rings. The van der Waals surface area contributed by atoms with E-state index in [9.17, 15) is 0 Å². The summed E-state index contributed by atoms with van der Waals surface area (Å²) in [6, 6.07) is 41.6. The fourth-order valence-electron chi connectivity index (χ4n) is 4.39. The molecule has 0 saturated carbocycles. The first kappa shape index (κ1) is 23.9. The highest BCUT2D eigenvalue weighted by Gasteiger charge is 2.23. The molecule has 0 amide bonds. The van der Waals surface area contributed by atoms with Gasteiger partial charge in [-0.05, 0) is 84.9 Å². The molecule has 5 aromatic carbocycles. The Morgan fingerprint density at radius 2 is 0.784 bits per heavy atom. The summed E-state index contributed by atoms with van der Waals surface area (Å²) in [5.41, 5.74) is 7.86. The van der Waals surface area contributed by atoms with Crippen LogP contribution >= 0.6 is 43.6 Å². The van der Waals surface area contributed by atoms with E-state index in [4.69, 9.17) is 8.75 Å². The molecule has 0 atom stereocenters. The Balaban J connectivity index is 1.56. The van der Waals surface area contributed by atoms with Gasteiger partial charge in [-0.2, -0.15) is 8.75 Å². The zero-order valence-corrected chi connectivity index (χ0v) is 23.5. The molecule has 0 radical (unpaired) electrons. The predicted molar refractivity (Wildman–Crippen MR) is 162 cm³/mol. The van der Waals surface area contributed by atoms with Crippen LogP contribution in [0.25, 0.3) is 11.0 Å². The number of aromatic nitrogens is 2. The summed E-state index contributed by atoms with van der Waals surface area (Å²) < 4.78 is 11.7. The van der Waals surface area contributed by atoms with E-state index >= 15 is 0 Å². The highest BCUT2D eigenvalue weighted by molar-refractivity contribution is 9.10. The summed E-state index contributed by atoms with van der Waals surface area (Å²) in [6.45, 7) is 0. The number of anilines is 6. The Hall–Kier alpha value is -3.52. The summed E-state index contributed by atoms with van der Waals surface area (Å²) in [4.78, 5) is 4.46. The van der Waals surface area contributed by atoms with Crippen molar-refractivity contribution in [2.24, 2.45) is 0 Å². The van der Waals surface area contributed by atoms with Gasteiger partial charge in [-0.25, -0.2) is 0 Å². The Morgan fingerprint density at radius 1 is 0.432 bits per heavy atom. The van der Waals surface area contributed by atoms with E-state index in [1.807, 2.05) is 12.1 Å². The molecule has 0 N–H and O–H groups in total. The van der Waals surface area contributed by atoms with Gasteiger partial charge in [0.1, 0.15) is 11.0 Å². The normalized spacial score (nSPS) is 11.0. The number of para-hydroxylation sites is 2. The largest absolute Gasteiger partial charge is 0.308 e. The quantitative estimate of drug-likeness (QED) is 0.184. The maximum absolute atomic E-state index is 4.80. The monoisotopic (exact) mass is 626 g/mol. The van der Waals surface area contributed by atoms with Crippen LogP contribution < -0.4 is 9.80 Å². The summed E-state index contributed by atoms with van der Waals surface area (Å²) in [5, 5.41) is 0. The van der Waals surface area contributed by atoms with Crippen LogP contribution in [-0.2, 0) is 0 Å². The molecule has 0 saturated heterocycles. The molecule has 37 heavy (non-hydrogen) atoms. The van der Waals surface area contributed by atoms with Crippen LogP contribution in [0.4, 0.5) is 34.1 Å². The van der Waals surface area contributed by atoms with E-state index in [-0.39, 0.29) is 0 Å². The molecule has 4 nitrogen and oxygen atoms in total. The number of benzene rings is 5. The van der Waals surface area contributed by atoms with Gasteiger partial charge in [-0.1, -0.05) is 68.3 Å². The molecule has 0 aliphatic carbocycles. The van der Waals surface area contributed by atoms with Crippen LogP contribution in [0.5, 0.6) is 0 Å². The van der Waals surface area contributed by atoms with Crippen LogP contribution in [0.15, 0.2) is 130 Å². The molecule has 1 aromatic heterocycles. The fourth-order valence-corrected chi connectivity index (χ4v) is 5.48. The van der Waals surface area contributed by atoms with Gasteiger partial charge in [0.15, 0.2) is 0 Å². The first-order valence-electron chi connectivity index (χ1n) is 11.7. The summed E-state index contributed by atoms with van der Waals surface area (Å²) in [5.74, 6) is 0. The van der Waals surface area contributed by atoms with E-state index in [0.717, 1.165) is 54.1 Å². The molecule has 0 aliphatic heterocycles. The summed E-state index contributed by atoms with van der Waals surface area (Å²) >= 11 is 8.37. The maximum Gasteiger partial charge on any atom is 0.130 e. The number of halogens is 2. The molecular weight excluding hydrogens is 608 g/mol. The van der Waals surface area contributed by atoms with Gasteiger partial charge in [0, 0.05) is 31.7 Å². The SMILES string of the molecule is Brc1ccc(N(c2ccccc2)c2ccc(N(c3ccccc3)c3ccc(Br)cc3)c3nsnc23)cc1. The van der Waals surface area contributed by atoms with Crippen molar-refractivity contribution in [2.45, 2.75) is 0 Å². The van der Waals surface area contributed by atoms with E-state index in [1.165, 1.54) is 11.7 Å². The summed E-state index contributed by atoms with van der Waals surface area (Å²) in [7, 11) is 0. The molecular formula is C30H20Br2N4S. The topological polar surface area (TPSA) is 32.3 Å². The Kier molecular flexibility index (Phi) is 6.74. The van der Waals surface area contributed by atoms with Crippen molar-refractivity contribution in [3.8, 4) is 0 Å². The lowest BCUT2D eigenvalue weighted by atomic mass is 10.1. The van der Waals surface area contributed by atoms with Gasteiger partial charge in [0.25, 0.3) is 0 Å². The highest BCUT2D eigenvalue weighted by Crippen LogP contribution is 2.44. The molecule has 180 valence electrons. The van der Waals surface area contributed by atoms with Gasteiger partial charge in [-0.15, -0.1) is 0 Å². The van der Waals surface area contributed by atoms with Crippen molar-refractivity contribution >= 4 is 88.7 Å². The smallest absolute Gasteiger partial charge is 0.130 e. The number of rotatable bonds is 6. The van der Waals surface area contributed by atoms with E-state index < -0.39 is 0 Å². The van der Waals surface area contributed by atoms with Crippen molar-refractivity contribution < 1.29 is 0 Å². The third-order valence-electron chi connectivity index (χ3n) is 6.05. The number of fused-ring (bicyclic) bond motifs is 1. The zero-order chi connectivity index (χ0) is 25.2. The van der Waals surface area contributed by atoms with E-state index in [0.29, 0.717) is 0 Å². The molecule has 0 spiro atoms. The zero-order valence-electron chi connectivity index (χ0n) is 19.5. The van der Waals surface area contributed by atoms with E-state index in [1.54, 1.807) is 0 Å². The molecule has 7 heteroatoms. The van der Waals surface area contributed by atoms with Gasteiger partial charge in [0.2, 0.25) is 0 Å². The van der Waals surface area contributed by atoms with Crippen LogP contribution in [0, 0.1) is 0 Å². The minimum atomic E-state index is 0.854. The lowest BCUT2D eigenvalue weighted by molar-refractivity contribution is 1.27. The number of nitrogens with zero attached hydrogens (tertiary/aromatic N) is 4. The highest BCUT2D eigenvalue weighted by atomic mass is 79.9. The third-order valence-corrected chi connectivity index (χ3v) is 7.64. The number of hydrogen-bond acceptors (Lipinski definition) is 5. The van der Waals surface area contributed by atoms with Crippen LogP contribution in [-0.4, -0.2) is 8.75 Å². The second-order valence-corrected chi connectivity index (χ2v) is 10.7. The van der Waals surface area contributed by atoms with Crippen LogP contribution in [0.3, 0.4) is 0 Å². The predicted octanol–water partition coefficient (Wildman–Crippen LogP) is 10.2. The van der Waals surface area contributed by atoms with Gasteiger partial charge >= 0.3 is 0 Å². The van der Waals surface area contributed by atoms with Gasteiger partial charge in [-0.3, -0.25) is 0 Å². The van der Waals surface area contributed by atoms with Crippen molar-refractivity contribution in [1.82, 2.24) is 8.75 Å². The Labute approximate surface area is 236 Å². The van der Waals surface area contributed by atoms with Crippen molar-refractivity contribution in [1.29, 1.82) is 0 Å². The standard InChI is InChI=1S/C30H20Br2N4S/c31-21-11-15-25(16-12-21)35(23-7-3-1-4-8-23)27-19-20-28(30-29(27)33-37-34-30)36(24-9-5-2-6-10-24)26-17-13-22(32)14-18-26/h1-20H.